The number of esters is 1. The van der Waals surface area contributed by atoms with Crippen LogP contribution in [-0.4, -0.2) is 66.6 Å². The molecule has 1 aromatic heterocycles. The molecule has 2 N–H and O–H groups in total. The maximum atomic E-state index is 12.9. The zero-order chi connectivity index (χ0) is 37.1. The van der Waals surface area contributed by atoms with Crippen molar-refractivity contribution in [3.8, 4) is 5.75 Å². The van der Waals surface area contributed by atoms with Crippen molar-refractivity contribution in [1.29, 1.82) is 0 Å². The Kier molecular flexibility index (Phi) is 19.5. The Labute approximate surface area is 314 Å². The molecule has 2 aromatic rings. The van der Waals surface area contributed by atoms with E-state index in [-0.39, 0.29) is 35.3 Å². The predicted octanol–water partition coefficient (Wildman–Crippen LogP) is 8.26. The molecule has 0 fully saturated rings. The highest BCUT2D eigenvalue weighted by molar-refractivity contribution is 9.09. The average Bonchev–Trinajstić information content (AvgIpc) is 3.04. The van der Waals surface area contributed by atoms with Gasteiger partial charge < -0.3 is 24.8 Å². The number of alkyl halides is 1. The van der Waals surface area contributed by atoms with Crippen LogP contribution in [0.25, 0.3) is 0 Å². The van der Waals surface area contributed by atoms with Crippen molar-refractivity contribution in [2.24, 2.45) is 0 Å². The fourth-order valence-electron chi connectivity index (χ4n) is 4.85. The topological polar surface area (TPSA) is 136 Å². The lowest BCUT2D eigenvalue weighted by atomic mass is 10.0. The summed E-state index contributed by atoms with van der Waals surface area (Å²) in [4.78, 5) is 56.3. The molecule has 278 valence electrons. The number of carbonyl (C=O) groups is 4. The minimum absolute atomic E-state index is 0.131. The third-order valence-electron chi connectivity index (χ3n) is 7.40. The van der Waals surface area contributed by atoms with Gasteiger partial charge in [0.15, 0.2) is 5.75 Å². The number of amides is 3. The first-order valence-electron chi connectivity index (χ1n) is 17.0. The molecule has 0 bridgehead atoms. The zero-order valence-corrected chi connectivity index (χ0v) is 32.8. The second-order valence-electron chi connectivity index (χ2n) is 12.9. The van der Waals surface area contributed by atoms with E-state index in [1.165, 1.54) is 31.3 Å². The largest absolute Gasteiger partial charge is 0.490 e. The van der Waals surface area contributed by atoms with Gasteiger partial charge in [-0.15, -0.1) is 0 Å². The lowest BCUT2D eigenvalue weighted by Gasteiger charge is -2.27. The van der Waals surface area contributed by atoms with E-state index in [2.05, 4.69) is 31.5 Å². The smallest absolute Gasteiger partial charge is 0.416 e. The number of methoxy groups -OCH3 is 1. The summed E-state index contributed by atoms with van der Waals surface area (Å²) in [5.41, 5.74) is 0.750. The number of aryl methyl sites for hydroxylation is 1. The number of carbonyl (C=O) groups excluding carboxylic acids is 4. The molecule has 0 saturated heterocycles. The van der Waals surface area contributed by atoms with Crippen LogP contribution in [0.15, 0.2) is 30.5 Å². The van der Waals surface area contributed by atoms with E-state index in [0.29, 0.717) is 43.1 Å². The number of aromatic nitrogens is 1. The van der Waals surface area contributed by atoms with Gasteiger partial charge in [-0.3, -0.25) is 19.3 Å². The molecule has 14 heteroatoms. The van der Waals surface area contributed by atoms with Crippen LogP contribution in [0, 0.1) is 6.92 Å². The van der Waals surface area contributed by atoms with Crippen molar-refractivity contribution in [2.45, 2.75) is 104 Å². The Morgan fingerprint density at radius 3 is 2.22 bits per heavy atom. The highest BCUT2D eigenvalue weighted by Crippen LogP contribution is 2.37. The number of unbranched alkanes of at least 4 members (excludes halogenated alkanes) is 6. The molecule has 1 aromatic carbocycles. The maximum Gasteiger partial charge on any atom is 0.416 e. The quantitative estimate of drug-likeness (QED) is 0.0732. The average molecular weight is 803 g/mol. The van der Waals surface area contributed by atoms with Crippen LogP contribution in [0.1, 0.15) is 102 Å². The summed E-state index contributed by atoms with van der Waals surface area (Å²) >= 11 is 16.5. The summed E-state index contributed by atoms with van der Waals surface area (Å²) in [5, 5.41) is 6.91. The van der Waals surface area contributed by atoms with Crippen LogP contribution in [0.5, 0.6) is 5.75 Å². The molecule has 0 spiro atoms. The molecule has 0 aliphatic rings. The first-order valence-corrected chi connectivity index (χ1v) is 18.9. The number of hydrogen-bond acceptors (Lipinski definition) is 8. The van der Waals surface area contributed by atoms with Gasteiger partial charge in [0, 0.05) is 24.5 Å². The van der Waals surface area contributed by atoms with E-state index in [1.54, 1.807) is 45.2 Å². The normalized spacial score (nSPS) is 11.8. The molecule has 0 radical (unpaired) electrons. The van der Waals surface area contributed by atoms with Crippen molar-refractivity contribution in [2.75, 3.05) is 37.0 Å². The van der Waals surface area contributed by atoms with Crippen LogP contribution in [0.2, 0.25) is 10.0 Å². The van der Waals surface area contributed by atoms with Gasteiger partial charge in [-0.05, 0) is 88.8 Å². The summed E-state index contributed by atoms with van der Waals surface area (Å²) in [7, 11) is 1.25. The van der Waals surface area contributed by atoms with E-state index < -0.39 is 29.6 Å². The fraction of sp³-hybridized carbons (Fsp3) is 0.583. The molecule has 3 amide bonds. The van der Waals surface area contributed by atoms with Crippen LogP contribution in [0.4, 0.5) is 10.6 Å². The minimum Gasteiger partial charge on any atom is -0.490 e. The van der Waals surface area contributed by atoms with Crippen LogP contribution < -0.4 is 20.3 Å². The molecule has 11 nitrogen and oxygen atoms in total. The lowest BCUT2D eigenvalue weighted by Crippen LogP contribution is -2.39. The molecular formula is C36H51BrCl2N4O7. The Morgan fingerprint density at radius 2 is 1.60 bits per heavy atom. The van der Waals surface area contributed by atoms with E-state index in [1.807, 2.05) is 13.0 Å². The standard InChI is InChI=1S/C36H51BrCl2N4O7/c1-25-15-17-40-30(20-25)43(35(47)50-36(2,3)4)18-12-10-14-31(44)41-24-32(45)42-29(23-33(46)48-5)26-21-27(38)34(28(39)22-26)49-19-13-9-7-6-8-11-16-37/h15,17,20-22,29H,6-14,16,18-19,23-24H2,1-5H3,(H,41,44)(H,42,45). The molecule has 1 atom stereocenters. The van der Waals surface area contributed by atoms with Gasteiger partial charge in [0.1, 0.15) is 11.4 Å². The number of nitrogens with one attached hydrogen (secondary N) is 2. The minimum atomic E-state index is -0.815. The molecule has 0 aliphatic heterocycles. The number of benzene rings is 1. The SMILES string of the molecule is COC(=O)CC(NC(=O)CNC(=O)CCCCN(C(=O)OC(C)(C)C)c1cc(C)ccn1)c1cc(Cl)c(OCCCCCCCCBr)c(Cl)c1. The van der Waals surface area contributed by atoms with Crippen molar-refractivity contribution in [1.82, 2.24) is 15.6 Å². The van der Waals surface area contributed by atoms with Gasteiger partial charge in [-0.25, -0.2) is 9.78 Å². The van der Waals surface area contributed by atoms with Crippen LogP contribution in [-0.2, 0) is 23.9 Å². The maximum absolute atomic E-state index is 12.9. The Balaban J connectivity index is 1.91. The van der Waals surface area contributed by atoms with Gasteiger partial charge >= 0.3 is 12.1 Å². The number of rotatable bonds is 21. The Morgan fingerprint density at radius 1 is 0.940 bits per heavy atom. The van der Waals surface area contributed by atoms with Crippen LogP contribution in [0.3, 0.4) is 0 Å². The van der Waals surface area contributed by atoms with Crippen molar-refractivity contribution in [3.63, 3.8) is 0 Å². The first-order chi connectivity index (χ1) is 23.7. The van der Waals surface area contributed by atoms with E-state index in [0.717, 1.165) is 30.2 Å². The van der Waals surface area contributed by atoms with E-state index >= 15 is 0 Å². The van der Waals surface area contributed by atoms with E-state index in [4.69, 9.17) is 37.4 Å². The summed E-state index contributed by atoms with van der Waals surface area (Å²) in [6, 6.07) is 6.01. The van der Waals surface area contributed by atoms with E-state index in [9.17, 15) is 19.2 Å². The fourth-order valence-corrected chi connectivity index (χ4v) is 5.86. The molecule has 1 unspecified atom stereocenters. The molecular weight excluding hydrogens is 751 g/mol. The number of hydrogen-bond donors (Lipinski definition) is 2. The van der Waals surface area contributed by atoms with Crippen molar-refractivity contribution < 1.29 is 33.4 Å². The molecule has 50 heavy (non-hydrogen) atoms. The highest BCUT2D eigenvalue weighted by Gasteiger charge is 2.25. The first kappa shape index (κ1) is 43.1. The highest BCUT2D eigenvalue weighted by atomic mass is 79.9. The summed E-state index contributed by atoms with van der Waals surface area (Å²) < 4.78 is 16.3. The van der Waals surface area contributed by atoms with Gasteiger partial charge in [-0.2, -0.15) is 0 Å². The number of ether oxygens (including phenoxy) is 3. The molecule has 2 rings (SSSR count). The third kappa shape index (κ3) is 16.7. The summed E-state index contributed by atoms with van der Waals surface area (Å²) in [6.07, 6.45) is 8.60. The van der Waals surface area contributed by atoms with Gasteiger partial charge in [-0.1, -0.05) is 64.8 Å². The number of nitrogens with zero attached hydrogens (tertiary/aromatic N) is 2. The monoisotopic (exact) mass is 800 g/mol. The number of halogens is 3. The van der Waals surface area contributed by atoms with Crippen molar-refractivity contribution in [3.05, 3.63) is 51.6 Å². The second-order valence-corrected chi connectivity index (χ2v) is 14.5. The third-order valence-corrected chi connectivity index (χ3v) is 8.53. The predicted molar refractivity (Wildman–Crippen MR) is 200 cm³/mol. The summed E-state index contributed by atoms with van der Waals surface area (Å²) in [6.45, 7) is 7.72. The van der Waals surface area contributed by atoms with Crippen LogP contribution >= 0.6 is 39.1 Å². The molecule has 0 saturated carbocycles. The Hall–Kier alpha value is -3.09. The number of pyridine rings is 1. The van der Waals surface area contributed by atoms with Gasteiger partial charge in [0.25, 0.3) is 0 Å². The van der Waals surface area contributed by atoms with Gasteiger partial charge in [0.2, 0.25) is 11.8 Å². The number of anilines is 1. The summed E-state index contributed by atoms with van der Waals surface area (Å²) in [5.74, 6) is -0.597. The Bertz CT molecular complexity index is 1380. The second kappa shape index (κ2) is 22.7. The van der Waals surface area contributed by atoms with Crippen molar-refractivity contribution >= 4 is 68.8 Å². The molecule has 0 aliphatic carbocycles. The van der Waals surface area contributed by atoms with Gasteiger partial charge in [0.05, 0.1) is 42.8 Å². The molecule has 1 heterocycles. The zero-order valence-electron chi connectivity index (χ0n) is 29.7. The lowest BCUT2D eigenvalue weighted by molar-refractivity contribution is -0.141.